The van der Waals surface area contributed by atoms with Crippen molar-refractivity contribution in [3.05, 3.63) is 22.4 Å². The minimum atomic E-state index is -0.870. The second kappa shape index (κ2) is 7.64. The lowest BCUT2D eigenvalue weighted by atomic mass is 9.89. The number of rotatable bonds is 7. The van der Waals surface area contributed by atoms with Crippen LogP contribution in [-0.4, -0.2) is 29.8 Å². The maximum absolute atomic E-state index is 11.7. The average Bonchev–Trinajstić information content (AvgIpc) is 2.95. The summed E-state index contributed by atoms with van der Waals surface area (Å²) in [5.41, 5.74) is 0.368. The molecule has 1 rings (SSSR count). The van der Waals surface area contributed by atoms with Crippen molar-refractivity contribution >= 4 is 17.4 Å². The van der Waals surface area contributed by atoms with E-state index in [1.165, 1.54) is 5.56 Å². The third kappa shape index (κ3) is 5.13. The molecule has 114 valence electrons. The summed E-state index contributed by atoms with van der Waals surface area (Å²) >= 11 is 1.66. The summed E-state index contributed by atoms with van der Waals surface area (Å²) in [4.78, 5) is 11.7. The molecule has 4 nitrogen and oxygen atoms in total. The van der Waals surface area contributed by atoms with Crippen LogP contribution in [0.25, 0.3) is 0 Å². The van der Waals surface area contributed by atoms with Gasteiger partial charge in [0.25, 0.3) is 0 Å². The van der Waals surface area contributed by atoms with Crippen LogP contribution in [0, 0.1) is 5.92 Å². The molecule has 0 spiro atoms. The van der Waals surface area contributed by atoms with E-state index in [0.29, 0.717) is 12.5 Å². The molecule has 3 unspecified atom stereocenters. The minimum Gasteiger partial charge on any atom is -0.388 e. The number of aliphatic hydroxyl groups is 1. The Morgan fingerprint density at radius 3 is 2.70 bits per heavy atom. The standard InChI is InChI=1S/C15H26N2O2S/c1-5-12(3)15(4,19)10-17-14(18)16-8-11(2)13-6-7-20-9-13/h6-7,9,11-12,19H,5,8,10H2,1-4H3,(H2,16,17,18). The van der Waals surface area contributed by atoms with Crippen LogP contribution in [0.5, 0.6) is 0 Å². The molecule has 0 aliphatic rings. The highest BCUT2D eigenvalue weighted by molar-refractivity contribution is 7.07. The van der Waals surface area contributed by atoms with E-state index in [1.807, 2.05) is 19.2 Å². The Balaban J connectivity index is 2.30. The molecule has 20 heavy (non-hydrogen) atoms. The highest BCUT2D eigenvalue weighted by Gasteiger charge is 2.27. The molecule has 0 aromatic carbocycles. The molecule has 1 aromatic heterocycles. The second-order valence-corrected chi connectivity index (χ2v) is 6.47. The van der Waals surface area contributed by atoms with Crippen molar-refractivity contribution < 1.29 is 9.90 Å². The number of hydrogen-bond donors (Lipinski definition) is 3. The van der Waals surface area contributed by atoms with Gasteiger partial charge in [-0.05, 0) is 41.1 Å². The SMILES string of the molecule is CCC(C)C(C)(O)CNC(=O)NCC(C)c1ccsc1. The molecule has 5 heteroatoms. The lowest BCUT2D eigenvalue weighted by molar-refractivity contribution is 0.00791. The van der Waals surface area contributed by atoms with E-state index in [-0.39, 0.29) is 18.5 Å². The summed E-state index contributed by atoms with van der Waals surface area (Å²) in [5.74, 6) is 0.439. The Bertz CT molecular complexity index is 404. The van der Waals surface area contributed by atoms with Gasteiger partial charge in [0.15, 0.2) is 0 Å². The smallest absolute Gasteiger partial charge is 0.314 e. The topological polar surface area (TPSA) is 61.4 Å². The maximum atomic E-state index is 11.7. The predicted octanol–water partition coefficient (Wildman–Crippen LogP) is 2.95. The van der Waals surface area contributed by atoms with Crippen LogP contribution < -0.4 is 10.6 Å². The Labute approximate surface area is 125 Å². The number of hydrogen-bond acceptors (Lipinski definition) is 3. The third-order valence-electron chi connectivity index (χ3n) is 3.96. The summed E-state index contributed by atoms with van der Waals surface area (Å²) in [7, 11) is 0. The quantitative estimate of drug-likeness (QED) is 0.725. The average molecular weight is 298 g/mol. The van der Waals surface area contributed by atoms with Crippen LogP contribution in [0.2, 0.25) is 0 Å². The summed E-state index contributed by atoms with van der Waals surface area (Å²) in [6.45, 7) is 8.71. The highest BCUT2D eigenvalue weighted by atomic mass is 32.1. The molecule has 1 heterocycles. The van der Waals surface area contributed by atoms with Gasteiger partial charge in [-0.1, -0.05) is 27.2 Å². The van der Waals surface area contributed by atoms with Crippen LogP contribution >= 0.6 is 11.3 Å². The van der Waals surface area contributed by atoms with Crippen LogP contribution in [-0.2, 0) is 0 Å². The number of amides is 2. The maximum Gasteiger partial charge on any atom is 0.314 e. The largest absolute Gasteiger partial charge is 0.388 e. The van der Waals surface area contributed by atoms with E-state index in [9.17, 15) is 9.90 Å². The van der Waals surface area contributed by atoms with Crippen LogP contribution in [0.3, 0.4) is 0 Å². The zero-order valence-electron chi connectivity index (χ0n) is 12.8. The highest BCUT2D eigenvalue weighted by Crippen LogP contribution is 2.19. The normalized spacial score (nSPS) is 17.1. The van der Waals surface area contributed by atoms with Gasteiger partial charge in [-0.15, -0.1) is 0 Å². The fourth-order valence-corrected chi connectivity index (χ4v) is 2.64. The molecule has 0 saturated heterocycles. The van der Waals surface area contributed by atoms with E-state index in [4.69, 9.17) is 0 Å². The summed E-state index contributed by atoms with van der Waals surface area (Å²) in [6, 6.07) is 1.85. The van der Waals surface area contributed by atoms with Crippen molar-refractivity contribution in [1.29, 1.82) is 0 Å². The van der Waals surface area contributed by atoms with E-state index in [2.05, 4.69) is 29.0 Å². The lowest BCUT2D eigenvalue weighted by Gasteiger charge is -2.29. The number of carbonyl (C=O) groups is 1. The molecule has 0 fully saturated rings. The zero-order valence-corrected chi connectivity index (χ0v) is 13.6. The Morgan fingerprint density at radius 1 is 1.45 bits per heavy atom. The molecule has 0 aliphatic heterocycles. The summed E-state index contributed by atoms with van der Waals surface area (Å²) in [5, 5.41) is 19.9. The monoisotopic (exact) mass is 298 g/mol. The minimum absolute atomic E-state index is 0.146. The number of thiophene rings is 1. The van der Waals surface area contributed by atoms with Gasteiger partial charge in [0.1, 0.15) is 0 Å². The molecular weight excluding hydrogens is 272 g/mol. The molecule has 0 aliphatic carbocycles. The molecule has 0 radical (unpaired) electrons. The number of nitrogens with one attached hydrogen (secondary N) is 2. The third-order valence-corrected chi connectivity index (χ3v) is 4.66. The van der Waals surface area contributed by atoms with Crippen LogP contribution in [0.1, 0.15) is 45.6 Å². The van der Waals surface area contributed by atoms with E-state index in [1.54, 1.807) is 18.3 Å². The molecule has 1 aromatic rings. The molecule has 0 saturated carbocycles. The van der Waals surface area contributed by atoms with E-state index >= 15 is 0 Å². The fourth-order valence-electron chi connectivity index (χ4n) is 1.85. The van der Waals surface area contributed by atoms with Crippen molar-refractivity contribution in [2.24, 2.45) is 5.92 Å². The van der Waals surface area contributed by atoms with Crippen molar-refractivity contribution in [3.8, 4) is 0 Å². The molecule has 2 amide bonds. The zero-order chi connectivity index (χ0) is 15.2. The first kappa shape index (κ1) is 17.0. The van der Waals surface area contributed by atoms with E-state index in [0.717, 1.165) is 6.42 Å². The summed E-state index contributed by atoms with van der Waals surface area (Å²) in [6.07, 6.45) is 0.880. The summed E-state index contributed by atoms with van der Waals surface area (Å²) < 4.78 is 0. The first-order valence-electron chi connectivity index (χ1n) is 7.13. The van der Waals surface area contributed by atoms with Crippen LogP contribution in [0.15, 0.2) is 16.8 Å². The van der Waals surface area contributed by atoms with Gasteiger partial charge in [-0.3, -0.25) is 0 Å². The van der Waals surface area contributed by atoms with Crippen LogP contribution in [0.4, 0.5) is 4.79 Å². The second-order valence-electron chi connectivity index (χ2n) is 5.69. The lowest BCUT2D eigenvalue weighted by Crippen LogP contribution is -2.48. The Hall–Kier alpha value is -1.07. The van der Waals surface area contributed by atoms with Gasteiger partial charge in [-0.2, -0.15) is 11.3 Å². The predicted molar refractivity (Wildman–Crippen MR) is 84.2 cm³/mol. The van der Waals surface area contributed by atoms with Gasteiger partial charge in [0.05, 0.1) is 5.60 Å². The van der Waals surface area contributed by atoms with Crippen molar-refractivity contribution in [3.63, 3.8) is 0 Å². The fraction of sp³-hybridized carbons (Fsp3) is 0.667. The number of urea groups is 1. The number of carbonyl (C=O) groups excluding carboxylic acids is 1. The van der Waals surface area contributed by atoms with Crippen molar-refractivity contribution in [2.75, 3.05) is 13.1 Å². The Morgan fingerprint density at radius 2 is 2.15 bits per heavy atom. The first-order valence-corrected chi connectivity index (χ1v) is 8.07. The van der Waals surface area contributed by atoms with Gasteiger partial charge >= 0.3 is 6.03 Å². The molecule has 3 atom stereocenters. The first-order chi connectivity index (χ1) is 9.36. The Kier molecular flexibility index (Phi) is 6.49. The van der Waals surface area contributed by atoms with Crippen molar-refractivity contribution in [1.82, 2.24) is 10.6 Å². The van der Waals surface area contributed by atoms with Gasteiger partial charge in [-0.25, -0.2) is 4.79 Å². The van der Waals surface area contributed by atoms with E-state index < -0.39 is 5.60 Å². The van der Waals surface area contributed by atoms with Gasteiger partial charge in [0.2, 0.25) is 0 Å². The van der Waals surface area contributed by atoms with Gasteiger partial charge < -0.3 is 15.7 Å². The molecule has 3 N–H and O–H groups in total. The van der Waals surface area contributed by atoms with Gasteiger partial charge in [0, 0.05) is 13.1 Å². The van der Waals surface area contributed by atoms with Crippen molar-refractivity contribution in [2.45, 2.75) is 45.6 Å². The molecule has 0 bridgehead atoms. The molecular formula is C15H26N2O2S.